The molecule has 0 aliphatic carbocycles. The number of nitrogens with two attached hydrogens (primary N) is 1. The molecule has 3 N–H and O–H groups in total. The van der Waals surface area contributed by atoms with Crippen molar-refractivity contribution in [1.29, 1.82) is 0 Å². The molecule has 4 nitrogen and oxygen atoms in total. The van der Waals surface area contributed by atoms with E-state index in [0.717, 1.165) is 12.1 Å². The zero-order valence-corrected chi connectivity index (χ0v) is 8.92. The molecule has 1 heterocycles. The van der Waals surface area contributed by atoms with Crippen molar-refractivity contribution in [2.24, 2.45) is 5.73 Å². The Kier molecular flexibility index (Phi) is 2.63. The molecule has 0 saturated carbocycles. The lowest BCUT2D eigenvalue weighted by Gasteiger charge is -2.01. The van der Waals surface area contributed by atoms with Crippen LogP contribution >= 0.6 is 0 Å². The number of amides is 1. The number of rotatable bonds is 2. The van der Waals surface area contributed by atoms with Crippen LogP contribution in [0.4, 0.5) is 8.78 Å². The second-order valence-corrected chi connectivity index (χ2v) is 3.57. The highest BCUT2D eigenvalue weighted by molar-refractivity contribution is 5.99. The van der Waals surface area contributed by atoms with E-state index in [1.54, 1.807) is 6.92 Å². The number of aryl methyl sites for hydroxylation is 1. The normalized spacial score (nSPS) is 10.5. The van der Waals surface area contributed by atoms with Crippen molar-refractivity contribution in [2.45, 2.75) is 6.92 Å². The third-order valence-corrected chi connectivity index (χ3v) is 2.39. The molecule has 0 aliphatic heterocycles. The summed E-state index contributed by atoms with van der Waals surface area (Å²) in [6.07, 6.45) is 0. The van der Waals surface area contributed by atoms with E-state index in [0.29, 0.717) is 11.3 Å². The number of carbonyl (C=O) groups is 1. The fourth-order valence-corrected chi connectivity index (χ4v) is 1.58. The summed E-state index contributed by atoms with van der Waals surface area (Å²) in [5.41, 5.74) is 6.37. The van der Waals surface area contributed by atoms with Gasteiger partial charge in [0, 0.05) is 11.3 Å². The zero-order chi connectivity index (χ0) is 12.6. The summed E-state index contributed by atoms with van der Waals surface area (Å²) in [5.74, 6) is -2.63. The summed E-state index contributed by atoms with van der Waals surface area (Å²) in [4.78, 5) is 11.2. The minimum absolute atomic E-state index is 0.177. The summed E-state index contributed by atoms with van der Waals surface area (Å²) in [5, 5.41) is 6.45. The minimum atomic E-state index is -1.00. The van der Waals surface area contributed by atoms with Gasteiger partial charge in [0.2, 0.25) is 0 Å². The molecule has 0 unspecified atom stereocenters. The summed E-state index contributed by atoms with van der Waals surface area (Å²) >= 11 is 0. The Labute approximate surface area is 95.4 Å². The van der Waals surface area contributed by atoms with Crippen LogP contribution in [0.1, 0.15) is 16.1 Å². The summed E-state index contributed by atoms with van der Waals surface area (Å²) < 4.78 is 25.9. The van der Waals surface area contributed by atoms with E-state index in [1.165, 1.54) is 6.07 Å². The van der Waals surface area contributed by atoms with Crippen LogP contribution in [0, 0.1) is 18.6 Å². The van der Waals surface area contributed by atoms with Crippen molar-refractivity contribution in [3.63, 3.8) is 0 Å². The molecule has 88 valence electrons. The molecule has 6 heteroatoms. The molecule has 0 fully saturated rings. The van der Waals surface area contributed by atoms with Crippen LogP contribution in [0.5, 0.6) is 0 Å². The first-order valence-corrected chi connectivity index (χ1v) is 4.81. The van der Waals surface area contributed by atoms with Gasteiger partial charge in [0.15, 0.2) is 11.6 Å². The number of primary amides is 1. The number of halogens is 2. The van der Waals surface area contributed by atoms with Crippen LogP contribution < -0.4 is 5.73 Å². The predicted octanol–water partition coefficient (Wildman–Crippen LogP) is 1.76. The van der Waals surface area contributed by atoms with E-state index in [-0.39, 0.29) is 11.3 Å². The van der Waals surface area contributed by atoms with Crippen LogP contribution in [-0.2, 0) is 0 Å². The van der Waals surface area contributed by atoms with Gasteiger partial charge in [-0.3, -0.25) is 9.89 Å². The summed E-state index contributed by atoms with van der Waals surface area (Å²) in [6.45, 7) is 1.62. The van der Waals surface area contributed by atoms with E-state index in [4.69, 9.17) is 5.73 Å². The SMILES string of the molecule is Cc1[nH]nc(-c2ccc(F)c(F)c2)c1C(N)=O. The molecule has 2 rings (SSSR count). The quantitative estimate of drug-likeness (QED) is 0.835. The van der Waals surface area contributed by atoms with E-state index >= 15 is 0 Å². The number of nitrogens with zero attached hydrogens (tertiary/aromatic N) is 1. The predicted molar refractivity (Wildman–Crippen MR) is 57.2 cm³/mol. The maximum absolute atomic E-state index is 13.1. The van der Waals surface area contributed by atoms with Crippen molar-refractivity contribution >= 4 is 5.91 Å². The van der Waals surface area contributed by atoms with E-state index in [2.05, 4.69) is 10.2 Å². The molecule has 17 heavy (non-hydrogen) atoms. The van der Waals surface area contributed by atoms with Gasteiger partial charge >= 0.3 is 0 Å². The molecule has 1 aromatic heterocycles. The molecule has 1 amide bonds. The van der Waals surface area contributed by atoms with Crippen molar-refractivity contribution in [3.8, 4) is 11.3 Å². The van der Waals surface area contributed by atoms with Crippen LogP contribution in [0.3, 0.4) is 0 Å². The van der Waals surface area contributed by atoms with Gasteiger partial charge < -0.3 is 5.73 Å². The number of carbonyl (C=O) groups excluding carboxylic acids is 1. The molecule has 0 atom stereocenters. The van der Waals surface area contributed by atoms with Crippen LogP contribution in [0.25, 0.3) is 11.3 Å². The Morgan fingerprint density at radius 2 is 2.06 bits per heavy atom. The maximum Gasteiger partial charge on any atom is 0.252 e. The molecule has 0 spiro atoms. The Hall–Kier alpha value is -2.24. The molecule has 0 saturated heterocycles. The van der Waals surface area contributed by atoms with Gasteiger partial charge in [-0.1, -0.05) is 0 Å². The lowest BCUT2D eigenvalue weighted by Crippen LogP contribution is -2.12. The van der Waals surface area contributed by atoms with E-state index in [9.17, 15) is 13.6 Å². The highest BCUT2D eigenvalue weighted by Crippen LogP contribution is 2.24. The van der Waals surface area contributed by atoms with Crippen molar-refractivity contribution in [3.05, 3.63) is 41.1 Å². The average Bonchev–Trinajstić information content (AvgIpc) is 2.64. The Bertz CT molecular complexity index is 592. The van der Waals surface area contributed by atoms with Crippen LogP contribution in [0.15, 0.2) is 18.2 Å². The number of nitrogens with one attached hydrogen (secondary N) is 1. The number of H-pyrrole nitrogens is 1. The Morgan fingerprint density at radius 3 is 2.65 bits per heavy atom. The monoisotopic (exact) mass is 237 g/mol. The molecular formula is C11H9F2N3O. The smallest absolute Gasteiger partial charge is 0.252 e. The standard InChI is InChI=1S/C11H9F2N3O/c1-5-9(11(14)17)10(16-15-5)6-2-3-7(12)8(13)4-6/h2-4H,1H3,(H2,14,17)(H,15,16). The highest BCUT2D eigenvalue weighted by Gasteiger charge is 2.17. The fraction of sp³-hybridized carbons (Fsp3) is 0.0909. The van der Waals surface area contributed by atoms with Gasteiger partial charge in [-0.05, 0) is 25.1 Å². The van der Waals surface area contributed by atoms with Crippen molar-refractivity contribution in [2.75, 3.05) is 0 Å². The number of hydrogen-bond donors (Lipinski definition) is 2. The van der Waals surface area contributed by atoms with Gasteiger partial charge in [0.25, 0.3) is 5.91 Å². The van der Waals surface area contributed by atoms with Crippen LogP contribution in [-0.4, -0.2) is 16.1 Å². The molecule has 0 bridgehead atoms. The van der Waals surface area contributed by atoms with Gasteiger partial charge in [-0.15, -0.1) is 0 Å². The second kappa shape index (κ2) is 3.97. The first-order chi connectivity index (χ1) is 8.00. The third kappa shape index (κ3) is 1.89. The first-order valence-electron chi connectivity index (χ1n) is 4.81. The van der Waals surface area contributed by atoms with Crippen molar-refractivity contribution < 1.29 is 13.6 Å². The third-order valence-electron chi connectivity index (χ3n) is 2.39. The van der Waals surface area contributed by atoms with Gasteiger partial charge in [-0.2, -0.15) is 5.10 Å². The molecule has 0 radical (unpaired) electrons. The van der Waals surface area contributed by atoms with Gasteiger partial charge in [-0.25, -0.2) is 8.78 Å². The van der Waals surface area contributed by atoms with E-state index in [1.807, 2.05) is 0 Å². The lowest BCUT2D eigenvalue weighted by molar-refractivity contribution is 0.100. The average molecular weight is 237 g/mol. The number of aromatic nitrogens is 2. The maximum atomic E-state index is 13.1. The zero-order valence-electron chi connectivity index (χ0n) is 8.92. The summed E-state index contributed by atoms with van der Waals surface area (Å²) in [7, 11) is 0. The molecule has 0 aliphatic rings. The number of benzene rings is 1. The van der Waals surface area contributed by atoms with Gasteiger partial charge in [0.05, 0.1) is 5.56 Å². The highest BCUT2D eigenvalue weighted by atomic mass is 19.2. The molecular weight excluding hydrogens is 228 g/mol. The molecule has 2 aromatic rings. The van der Waals surface area contributed by atoms with E-state index < -0.39 is 17.5 Å². The van der Waals surface area contributed by atoms with Gasteiger partial charge in [0.1, 0.15) is 5.69 Å². The van der Waals surface area contributed by atoms with Crippen LogP contribution in [0.2, 0.25) is 0 Å². The largest absolute Gasteiger partial charge is 0.365 e. The fourth-order valence-electron chi connectivity index (χ4n) is 1.58. The second-order valence-electron chi connectivity index (χ2n) is 3.57. The lowest BCUT2D eigenvalue weighted by atomic mass is 10.1. The first kappa shape index (κ1) is 11.3. The topological polar surface area (TPSA) is 71.8 Å². The number of hydrogen-bond acceptors (Lipinski definition) is 2. The summed E-state index contributed by atoms with van der Waals surface area (Å²) in [6, 6.07) is 3.28. The Balaban J connectivity index is 2.60. The minimum Gasteiger partial charge on any atom is -0.365 e. The molecule has 1 aromatic carbocycles. The number of aromatic amines is 1. The van der Waals surface area contributed by atoms with Crippen molar-refractivity contribution in [1.82, 2.24) is 10.2 Å². The Morgan fingerprint density at radius 1 is 1.35 bits per heavy atom.